The molecule has 1 aromatic carbocycles. The van der Waals surface area contributed by atoms with E-state index >= 15 is 0 Å². The molecule has 0 aromatic heterocycles. The van der Waals surface area contributed by atoms with Gasteiger partial charge in [-0.3, -0.25) is 4.79 Å². The topological polar surface area (TPSA) is 50.4 Å². The van der Waals surface area contributed by atoms with Crippen LogP contribution in [0.5, 0.6) is 5.75 Å². The van der Waals surface area contributed by atoms with Crippen LogP contribution in [0.3, 0.4) is 0 Å². The summed E-state index contributed by atoms with van der Waals surface area (Å²) in [5.41, 5.74) is 0.868. The van der Waals surface area contributed by atoms with Gasteiger partial charge in [0.05, 0.1) is 5.56 Å². The summed E-state index contributed by atoms with van der Waals surface area (Å²) in [6, 6.07) is 4.52. The SMILES string of the molecule is Cl.O=C(NC1CCCC1)c1cc(C2CCNCC2)ccc1OC(F)(F)F. The molecule has 2 fully saturated rings. The maximum absolute atomic E-state index is 12.7. The molecule has 1 saturated heterocycles. The van der Waals surface area contributed by atoms with E-state index in [0.29, 0.717) is 0 Å². The molecule has 146 valence electrons. The van der Waals surface area contributed by atoms with E-state index in [1.54, 1.807) is 12.1 Å². The fraction of sp³-hybridized carbons (Fsp3) is 0.611. The molecular formula is C18H24ClF3N2O2. The number of halogens is 4. The van der Waals surface area contributed by atoms with Crippen molar-refractivity contribution in [1.29, 1.82) is 0 Å². The smallest absolute Gasteiger partial charge is 0.405 e. The molecule has 4 nitrogen and oxygen atoms in total. The van der Waals surface area contributed by atoms with Gasteiger partial charge in [0, 0.05) is 6.04 Å². The molecule has 1 heterocycles. The first kappa shape index (κ1) is 20.8. The lowest BCUT2D eigenvalue weighted by molar-refractivity contribution is -0.274. The third-order valence-corrected chi connectivity index (χ3v) is 4.97. The standard InChI is InChI=1S/C18H23F3N2O2.ClH/c19-18(20,21)25-16-6-5-13(12-7-9-22-10-8-12)11-15(16)17(24)23-14-3-1-2-4-14;/h5-6,11-12,14,22H,1-4,7-10H2,(H,23,24);1H. The highest BCUT2D eigenvalue weighted by molar-refractivity contribution is 5.97. The molecule has 0 spiro atoms. The third-order valence-electron chi connectivity index (χ3n) is 4.97. The number of ether oxygens (including phenoxy) is 1. The predicted molar refractivity (Wildman–Crippen MR) is 94.9 cm³/mol. The zero-order valence-corrected chi connectivity index (χ0v) is 15.2. The number of hydrogen-bond acceptors (Lipinski definition) is 3. The van der Waals surface area contributed by atoms with Gasteiger partial charge in [-0.15, -0.1) is 25.6 Å². The lowest BCUT2D eigenvalue weighted by atomic mass is 9.89. The van der Waals surface area contributed by atoms with Gasteiger partial charge in [0.2, 0.25) is 0 Å². The van der Waals surface area contributed by atoms with E-state index in [4.69, 9.17) is 0 Å². The molecule has 1 saturated carbocycles. The minimum atomic E-state index is -4.82. The van der Waals surface area contributed by atoms with E-state index in [0.717, 1.165) is 57.2 Å². The molecular weight excluding hydrogens is 369 g/mol. The lowest BCUT2D eigenvalue weighted by Crippen LogP contribution is -2.33. The minimum Gasteiger partial charge on any atom is -0.405 e. The van der Waals surface area contributed by atoms with Gasteiger partial charge in [-0.25, -0.2) is 0 Å². The van der Waals surface area contributed by atoms with Crippen molar-refractivity contribution in [2.45, 2.75) is 56.8 Å². The van der Waals surface area contributed by atoms with Crippen molar-refractivity contribution >= 4 is 18.3 Å². The number of benzene rings is 1. The quantitative estimate of drug-likeness (QED) is 0.809. The summed E-state index contributed by atoms with van der Waals surface area (Å²) in [5, 5.41) is 6.11. The number of alkyl halides is 3. The Morgan fingerprint density at radius 3 is 2.38 bits per heavy atom. The second-order valence-electron chi connectivity index (χ2n) is 6.78. The van der Waals surface area contributed by atoms with Crippen molar-refractivity contribution in [3.05, 3.63) is 29.3 Å². The van der Waals surface area contributed by atoms with E-state index in [2.05, 4.69) is 15.4 Å². The van der Waals surface area contributed by atoms with E-state index in [9.17, 15) is 18.0 Å². The van der Waals surface area contributed by atoms with Gasteiger partial charge in [-0.2, -0.15) is 0 Å². The van der Waals surface area contributed by atoms with E-state index in [1.165, 1.54) is 6.07 Å². The average Bonchev–Trinajstić information content (AvgIpc) is 3.07. The molecule has 1 aliphatic heterocycles. The maximum atomic E-state index is 12.7. The summed E-state index contributed by atoms with van der Waals surface area (Å²) in [5.74, 6) is -0.665. The first-order valence-electron chi connectivity index (χ1n) is 8.83. The van der Waals surface area contributed by atoms with Crippen molar-refractivity contribution in [3.63, 3.8) is 0 Å². The fourth-order valence-corrected chi connectivity index (χ4v) is 3.68. The first-order chi connectivity index (χ1) is 11.9. The highest BCUT2D eigenvalue weighted by atomic mass is 35.5. The molecule has 0 radical (unpaired) electrons. The summed E-state index contributed by atoms with van der Waals surface area (Å²) >= 11 is 0. The van der Waals surface area contributed by atoms with Crippen LogP contribution in [0.1, 0.15) is 60.4 Å². The summed E-state index contributed by atoms with van der Waals surface area (Å²) < 4.78 is 42.1. The van der Waals surface area contributed by atoms with Crippen molar-refractivity contribution in [2.75, 3.05) is 13.1 Å². The van der Waals surface area contributed by atoms with Gasteiger partial charge >= 0.3 is 6.36 Å². The number of piperidine rings is 1. The van der Waals surface area contributed by atoms with Crippen molar-refractivity contribution in [1.82, 2.24) is 10.6 Å². The Kier molecular flexibility index (Phi) is 7.17. The van der Waals surface area contributed by atoms with Gasteiger partial charge in [0.1, 0.15) is 5.75 Å². The Morgan fingerprint density at radius 1 is 1.12 bits per heavy atom. The number of hydrogen-bond donors (Lipinski definition) is 2. The van der Waals surface area contributed by atoms with Crippen LogP contribution in [0, 0.1) is 0 Å². The molecule has 26 heavy (non-hydrogen) atoms. The normalized spacial score (nSPS) is 19.0. The number of nitrogens with one attached hydrogen (secondary N) is 2. The summed E-state index contributed by atoms with van der Waals surface area (Å²) in [7, 11) is 0. The van der Waals surface area contributed by atoms with Crippen LogP contribution in [0.4, 0.5) is 13.2 Å². The largest absolute Gasteiger partial charge is 0.573 e. The van der Waals surface area contributed by atoms with Crippen LogP contribution < -0.4 is 15.4 Å². The predicted octanol–water partition coefficient (Wildman–Crippen LogP) is 4.15. The Bertz CT molecular complexity index is 613. The Morgan fingerprint density at radius 2 is 1.77 bits per heavy atom. The molecule has 1 amide bonds. The number of carbonyl (C=O) groups is 1. The molecule has 1 aromatic rings. The van der Waals surface area contributed by atoms with Crippen LogP contribution in [-0.4, -0.2) is 31.4 Å². The average molecular weight is 393 g/mol. The molecule has 3 rings (SSSR count). The van der Waals surface area contributed by atoms with Crippen LogP contribution >= 0.6 is 12.4 Å². The van der Waals surface area contributed by atoms with E-state index in [-0.39, 0.29) is 29.9 Å². The van der Waals surface area contributed by atoms with Gasteiger partial charge in [0.15, 0.2) is 0 Å². The van der Waals surface area contributed by atoms with Crippen molar-refractivity contribution in [2.24, 2.45) is 0 Å². The molecule has 8 heteroatoms. The highest BCUT2D eigenvalue weighted by Gasteiger charge is 2.33. The number of rotatable bonds is 4. The molecule has 2 aliphatic rings. The summed E-state index contributed by atoms with van der Waals surface area (Å²) in [4.78, 5) is 12.6. The van der Waals surface area contributed by atoms with E-state index in [1.807, 2.05) is 0 Å². The summed E-state index contributed by atoms with van der Waals surface area (Å²) in [6.07, 6.45) is 0.799. The van der Waals surface area contributed by atoms with Gasteiger partial charge in [-0.05, 0) is 62.4 Å². The number of carbonyl (C=O) groups excluding carboxylic acids is 1. The second-order valence-corrected chi connectivity index (χ2v) is 6.78. The third kappa shape index (κ3) is 5.51. The van der Waals surface area contributed by atoms with Gasteiger partial charge in [-0.1, -0.05) is 18.9 Å². The van der Waals surface area contributed by atoms with Crippen LogP contribution in [0.25, 0.3) is 0 Å². The van der Waals surface area contributed by atoms with Crippen LogP contribution in [0.15, 0.2) is 18.2 Å². The van der Waals surface area contributed by atoms with E-state index < -0.39 is 18.0 Å². The van der Waals surface area contributed by atoms with Crippen LogP contribution in [0.2, 0.25) is 0 Å². The summed E-state index contributed by atoms with van der Waals surface area (Å²) in [6.45, 7) is 1.74. The molecule has 1 aliphatic carbocycles. The van der Waals surface area contributed by atoms with Crippen molar-refractivity contribution in [3.8, 4) is 5.75 Å². The molecule has 2 N–H and O–H groups in total. The zero-order valence-electron chi connectivity index (χ0n) is 14.4. The zero-order chi connectivity index (χ0) is 17.9. The maximum Gasteiger partial charge on any atom is 0.573 e. The Labute approximate surface area is 157 Å². The molecule has 0 unspecified atom stereocenters. The van der Waals surface area contributed by atoms with Crippen LogP contribution in [-0.2, 0) is 0 Å². The molecule has 0 bridgehead atoms. The van der Waals surface area contributed by atoms with Gasteiger partial charge in [0.25, 0.3) is 5.91 Å². The molecule has 0 atom stereocenters. The first-order valence-corrected chi connectivity index (χ1v) is 8.83. The Balaban J connectivity index is 0.00000243. The van der Waals surface area contributed by atoms with Crippen molar-refractivity contribution < 1.29 is 22.7 Å². The Hall–Kier alpha value is -1.47. The monoisotopic (exact) mass is 392 g/mol. The number of amides is 1. The second kappa shape index (κ2) is 8.95. The van der Waals surface area contributed by atoms with Gasteiger partial charge < -0.3 is 15.4 Å². The minimum absolute atomic E-state index is 0. The fourth-order valence-electron chi connectivity index (χ4n) is 3.68. The lowest BCUT2D eigenvalue weighted by Gasteiger charge is -2.24. The highest BCUT2D eigenvalue weighted by Crippen LogP contribution is 2.32.